The minimum Gasteiger partial charge on any atom is -0.477 e. The van der Waals surface area contributed by atoms with Gasteiger partial charge in [-0.3, -0.25) is 9.59 Å². The van der Waals surface area contributed by atoms with Crippen molar-refractivity contribution in [3.8, 4) is 0 Å². The minimum absolute atomic E-state index is 0.0497. The maximum absolute atomic E-state index is 12.7. The Hall–Kier alpha value is -2.71. The first kappa shape index (κ1) is 49.3. The predicted molar refractivity (Wildman–Crippen MR) is 215 cm³/mol. The molecule has 2 atom stereocenters. The molecular weight excluding hydrogens is 654 g/mol. The van der Waals surface area contributed by atoms with Gasteiger partial charge in [0.15, 0.2) is 12.1 Å². The molecule has 2 unspecified atom stereocenters. The molecule has 0 spiro atoms. The maximum atomic E-state index is 12.7. The third kappa shape index (κ3) is 33.1. The standard InChI is InChI=1S/C44H77NO7/c1-6-8-10-12-14-16-18-20-21-23-25-27-29-31-33-35-43(47)52-40(38-50-37-36-41(44(48)49)45(3,4)5)39-51-42(46)34-32-30-28-26-24-22-19-17-15-13-11-9-7-2/h11,13-14,16-17,19-21,40-41H,6-10,12,15,18,22-39H2,1-5H3/p+1/b13-11-,16-14-,19-17-,21-20-. The second-order valence-corrected chi connectivity index (χ2v) is 14.9. The van der Waals surface area contributed by atoms with Crippen LogP contribution in [0, 0.1) is 0 Å². The molecule has 0 rings (SSSR count). The van der Waals surface area contributed by atoms with Crippen molar-refractivity contribution in [2.24, 2.45) is 0 Å². The van der Waals surface area contributed by atoms with Crippen molar-refractivity contribution in [2.75, 3.05) is 41.0 Å². The van der Waals surface area contributed by atoms with Crippen LogP contribution in [0.15, 0.2) is 48.6 Å². The average molecular weight is 733 g/mol. The number of rotatable bonds is 36. The molecule has 300 valence electrons. The normalized spacial score (nSPS) is 13.5. The topological polar surface area (TPSA) is 99.1 Å². The number of hydrogen-bond acceptors (Lipinski definition) is 6. The fourth-order valence-electron chi connectivity index (χ4n) is 5.69. The summed E-state index contributed by atoms with van der Waals surface area (Å²) in [6.45, 7) is 4.60. The van der Waals surface area contributed by atoms with E-state index < -0.39 is 18.1 Å². The number of nitrogens with zero attached hydrogens (tertiary/aromatic N) is 1. The van der Waals surface area contributed by atoms with Crippen molar-refractivity contribution in [3.63, 3.8) is 0 Å². The first-order valence-electron chi connectivity index (χ1n) is 20.7. The van der Waals surface area contributed by atoms with E-state index in [1.807, 2.05) is 21.1 Å². The molecule has 52 heavy (non-hydrogen) atoms. The number of allylic oxidation sites excluding steroid dienone is 8. The highest BCUT2D eigenvalue weighted by atomic mass is 16.6. The number of carboxylic acid groups (broad SMARTS) is 1. The Balaban J connectivity index is 4.44. The van der Waals surface area contributed by atoms with Gasteiger partial charge < -0.3 is 23.8 Å². The zero-order valence-electron chi connectivity index (χ0n) is 34.0. The number of carboxylic acids is 1. The van der Waals surface area contributed by atoms with Gasteiger partial charge in [0, 0.05) is 19.3 Å². The zero-order valence-corrected chi connectivity index (χ0v) is 34.0. The monoisotopic (exact) mass is 733 g/mol. The molecule has 0 saturated carbocycles. The van der Waals surface area contributed by atoms with E-state index in [0.29, 0.717) is 19.3 Å². The molecule has 0 heterocycles. The summed E-state index contributed by atoms with van der Waals surface area (Å²) in [6.07, 6.45) is 40.0. The molecule has 0 aliphatic carbocycles. The molecule has 8 heteroatoms. The number of carbonyl (C=O) groups is 3. The lowest BCUT2D eigenvalue weighted by molar-refractivity contribution is -0.887. The molecule has 0 aromatic heterocycles. The number of unbranched alkanes of at least 4 members (excludes halogenated alkanes) is 14. The summed E-state index contributed by atoms with van der Waals surface area (Å²) in [6, 6.07) is -0.619. The highest BCUT2D eigenvalue weighted by Gasteiger charge is 2.31. The Bertz CT molecular complexity index is 995. The van der Waals surface area contributed by atoms with E-state index in [2.05, 4.69) is 62.5 Å². The van der Waals surface area contributed by atoms with Gasteiger partial charge in [-0.25, -0.2) is 4.79 Å². The number of ether oxygens (including phenoxy) is 3. The van der Waals surface area contributed by atoms with Crippen LogP contribution in [0.25, 0.3) is 0 Å². The van der Waals surface area contributed by atoms with Crippen LogP contribution in [0.3, 0.4) is 0 Å². The Morgan fingerprint density at radius 1 is 0.577 bits per heavy atom. The van der Waals surface area contributed by atoms with E-state index >= 15 is 0 Å². The summed E-state index contributed by atoms with van der Waals surface area (Å²) in [4.78, 5) is 36.9. The van der Waals surface area contributed by atoms with Gasteiger partial charge in [-0.15, -0.1) is 0 Å². The van der Waals surface area contributed by atoms with Gasteiger partial charge >= 0.3 is 17.9 Å². The molecule has 0 saturated heterocycles. The zero-order chi connectivity index (χ0) is 38.5. The van der Waals surface area contributed by atoms with Crippen LogP contribution < -0.4 is 0 Å². The first-order valence-corrected chi connectivity index (χ1v) is 20.7. The van der Waals surface area contributed by atoms with E-state index in [4.69, 9.17) is 14.2 Å². The summed E-state index contributed by atoms with van der Waals surface area (Å²) >= 11 is 0. The largest absolute Gasteiger partial charge is 0.477 e. The van der Waals surface area contributed by atoms with E-state index in [1.54, 1.807) is 0 Å². The van der Waals surface area contributed by atoms with Crippen LogP contribution in [0.2, 0.25) is 0 Å². The lowest BCUT2D eigenvalue weighted by Crippen LogP contribution is -2.50. The molecule has 0 amide bonds. The predicted octanol–water partition coefficient (Wildman–Crippen LogP) is 10.9. The van der Waals surface area contributed by atoms with Crippen LogP contribution in [0.1, 0.15) is 162 Å². The van der Waals surface area contributed by atoms with Gasteiger partial charge in [0.2, 0.25) is 0 Å². The molecule has 0 bridgehead atoms. The molecular formula is C44H78NO7+. The number of quaternary nitrogens is 1. The third-order valence-electron chi connectivity index (χ3n) is 8.93. The van der Waals surface area contributed by atoms with Crippen LogP contribution >= 0.6 is 0 Å². The second-order valence-electron chi connectivity index (χ2n) is 14.9. The number of hydrogen-bond donors (Lipinski definition) is 1. The second kappa shape index (κ2) is 35.3. The number of likely N-dealkylation sites (N-methyl/N-ethyl adjacent to an activating group) is 1. The Morgan fingerprint density at radius 3 is 1.56 bits per heavy atom. The quantitative estimate of drug-likeness (QED) is 0.0296. The summed E-state index contributed by atoms with van der Waals surface area (Å²) in [5.41, 5.74) is 0. The van der Waals surface area contributed by atoms with Gasteiger partial charge in [0.25, 0.3) is 0 Å². The lowest BCUT2D eigenvalue weighted by Gasteiger charge is -2.31. The van der Waals surface area contributed by atoms with Gasteiger partial charge in [-0.05, 0) is 70.6 Å². The molecule has 0 radical (unpaired) electrons. The van der Waals surface area contributed by atoms with Gasteiger partial charge in [0.1, 0.15) is 6.61 Å². The molecule has 0 fully saturated rings. The van der Waals surface area contributed by atoms with E-state index in [1.165, 1.54) is 32.1 Å². The van der Waals surface area contributed by atoms with Gasteiger partial charge in [-0.2, -0.15) is 0 Å². The van der Waals surface area contributed by atoms with Gasteiger partial charge in [0.05, 0.1) is 34.4 Å². The first-order chi connectivity index (χ1) is 25.1. The van der Waals surface area contributed by atoms with E-state index in [-0.39, 0.29) is 36.2 Å². The van der Waals surface area contributed by atoms with Crippen LogP contribution in [-0.4, -0.2) is 80.6 Å². The van der Waals surface area contributed by atoms with Crippen molar-refractivity contribution in [2.45, 2.75) is 174 Å². The number of carbonyl (C=O) groups excluding carboxylic acids is 2. The summed E-state index contributed by atoms with van der Waals surface area (Å²) in [5.74, 6) is -1.51. The van der Waals surface area contributed by atoms with Crippen molar-refractivity contribution in [1.29, 1.82) is 0 Å². The van der Waals surface area contributed by atoms with Crippen LogP contribution in [0.4, 0.5) is 0 Å². The van der Waals surface area contributed by atoms with Crippen LogP contribution in [-0.2, 0) is 28.6 Å². The highest BCUT2D eigenvalue weighted by molar-refractivity contribution is 5.72. The number of esters is 2. The Morgan fingerprint density at radius 2 is 1.06 bits per heavy atom. The Labute approximate surface area is 318 Å². The molecule has 0 aliphatic rings. The van der Waals surface area contributed by atoms with E-state index in [9.17, 15) is 19.5 Å². The smallest absolute Gasteiger partial charge is 0.362 e. The van der Waals surface area contributed by atoms with Crippen molar-refractivity contribution in [3.05, 3.63) is 48.6 Å². The van der Waals surface area contributed by atoms with E-state index in [0.717, 1.165) is 96.3 Å². The van der Waals surface area contributed by atoms with Crippen molar-refractivity contribution >= 4 is 17.9 Å². The molecule has 8 nitrogen and oxygen atoms in total. The Kier molecular flexibility index (Phi) is 33.5. The summed E-state index contributed by atoms with van der Waals surface area (Å²) < 4.78 is 17.2. The summed E-state index contributed by atoms with van der Waals surface area (Å²) in [7, 11) is 5.51. The average Bonchev–Trinajstić information content (AvgIpc) is 3.09. The fourth-order valence-corrected chi connectivity index (χ4v) is 5.69. The summed E-state index contributed by atoms with van der Waals surface area (Å²) in [5, 5.41) is 9.60. The lowest BCUT2D eigenvalue weighted by atomic mass is 10.1. The molecule has 0 aromatic carbocycles. The molecule has 0 aliphatic heterocycles. The van der Waals surface area contributed by atoms with Crippen LogP contribution in [0.5, 0.6) is 0 Å². The van der Waals surface area contributed by atoms with Crippen molar-refractivity contribution in [1.82, 2.24) is 0 Å². The minimum atomic E-state index is -0.881. The molecule has 0 aromatic rings. The van der Waals surface area contributed by atoms with Crippen molar-refractivity contribution < 1.29 is 38.2 Å². The highest BCUT2D eigenvalue weighted by Crippen LogP contribution is 2.13. The third-order valence-corrected chi connectivity index (χ3v) is 8.93. The SMILES string of the molecule is CCC/C=C\C/C=C\CCCCCCCC(=O)OCC(COCCC(C(=O)O)[N+](C)(C)C)OC(=O)CCCCCCC/C=C\C/C=C\CCCCC. The van der Waals surface area contributed by atoms with Gasteiger partial charge in [-0.1, -0.05) is 120 Å². The fraction of sp³-hybridized carbons (Fsp3) is 0.750. The molecule has 1 N–H and O–H groups in total. The maximum Gasteiger partial charge on any atom is 0.362 e. The number of aliphatic carboxylic acids is 1.